The number of aromatic nitrogens is 1. The van der Waals surface area contributed by atoms with Crippen LogP contribution >= 0.6 is 0 Å². The summed E-state index contributed by atoms with van der Waals surface area (Å²) in [6.07, 6.45) is 12.3. The van der Waals surface area contributed by atoms with Gasteiger partial charge in [0, 0.05) is 61.5 Å². The smallest absolute Gasteiger partial charge is 0.252 e. The summed E-state index contributed by atoms with van der Waals surface area (Å²) in [5, 5.41) is 2.48. The number of benzene rings is 13. The Kier molecular flexibility index (Phi) is 13.9. The molecule has 17 rings (SSSR count). The van der Waals surface area contributed by atoms with Gasteiger partial charge in [-0.3, -0.25) is 0 Å². The van der Waals surface area contributed by atoms with Crippen LogP contribution in [0.25, 0.3) is 99.8 Å². The molecule has 3 nitrogen and oxygen atoms in total. The van der Waals surface area contributed by atoms with Crippen LogP contribution < -0.4 is 26.2 Å². The molecule has 4 heteroatoms. The molecule has 0 saturated heterocycles. The van der Waals surface area contributed by atoms with Crippen molar-refractivity contribution >= 4 is 84.6 Å². The normalized spacial score (nSPS) is 13.1. The van der Waals surface area contributed by atoms with Crippen LogP contribution in [0, 0.1) is 0 Å². The number of allylic oxidation sites excluding steroid dienone is 4. The van der Waals surface area contributed by atoms with Gasteiger partial charge in [0.05, 0.1) is 22.4 Å². The SMILES string of the molecule is CCCCc1cc2c3c(c1)N(c1c(-c4ccccc4)cc(-c4ccccc4)cc1-c1ccccc1)c1ccc(-c4ccccc4)cc1B3c1ccc(-n3c4ccccc4c4ccccc43)cc1N2c1c(C2=CCCC=C2)cc(-c2ccccc2)cc1-c1ccccc1. The van der Waals surface area contributed by atoms with Gasteiger partial charge in [-0.05, 0) is 170 Å². The summed E-state index contributed by atoms with van der Waals surface area (Å²) in [4.78, 5) is 5.44. The fourth-order valence-electron chi connectivity index (χ4n) is 15.1. The second-order valence-corrected chi connectivity index (χ2v) is 24.8. The quantitative estimate of drug-likeness (QED) is 0.107. The van der Waals surface area contributed by atoms with Crippen LogP contribution in [0.15, 0.2) is 322 Å². The summed E-state index contributed by atoms with van der Waals surface area (Å²) in [6, 6.07) is 114. The van der Waals surface area contributed by atoms with Crippen LogP contribution in [-0.4, -0.2) is 11.3 Å². The highest BCUT2D eigenvalue weighted by atomic mass is 15.2. The number of hydrogen-bond acceptors (Lipinski definition) is 2. The van der Waals surface area contributed by atoms with Crippen LogP contribution in [0.2, 0.25) is 0 Å². The summed E-state index contributed by atoms with van der Waals surface area (Å²) in [7, 11) is 0. The fourth-order valence-corrected chi connectivity index (χ4v) is 15.1. The summed E-state index contributed by atoms with van der Waals surface area (Å²) in [5.74, 6) is 0. The van der Waals surface area contributed by atoms with E-state index in [0.29, 0.717) is 0 Å². The second-order valence-electron chi connectivity index (χ2n) is 24.8. The first-order valence-electron chi connectivity index (χ1n) is 32.7. The lowest BCUT2D eigenvalue weighted by molar-refractivity contribution is 0.795. The molecule has 2 aliphatic heterocycles. The Bertz CT molecular complexity index is 5070. The van der Waals surface area contributed by atoms with Gasteiger partial charge >= 0.3 is 0 Å². The van der Waals surface area contributed by atoms with Crippen molar-refractivity contribution in [3.8, 4) is 72.4 Å². The molecule has 3 heterocycles. The van der Waals surface area contributed by atoms with E-state index in [4.69, 9.17) is 0 Å². The van der Waals surface area contributed by atoms with Crippen LogP contribution in [-0.2, 0) is 6.42 Å². The van der Waals surface area contributed by atoms with Gasteiger partial charge in [0.25, 0.3) is 6.71 Å². The Labute approximate surface area is 539 Å². The lowest BCUT2D eigenvalue weighted by atomic mass is 9.33. The summed E-state index contributed by atoms with van der Waals surface area (Å²) in [5.41, 5.74) is 32.2. The van der Waals surface area contributed by atoms with Crippen molar-refractivity contribution in [2.75, 3.05) is 9.80 Å². The molecule has 0 atom stereocenters. The average molecular weight is 1180 g/mol. The predicted molar refractivity (Wildman–Crippen MR) is 392 cm³/mol. The molecule has 436 valence electrons. The minimum absolute atomic E-state index is 0.182. The van der Waals surface area contributed by atoms with Crippen LogP contribution in [0.3, 0.4) is 0 Å². The monoisotopic (exact) mass is 1180 g/mol. The number of unbranched alkanes of at least 4 members (excludes halogenated alkanes) is 1. The Hall–Kier alpha value is -11.2. The summed E-state index contributed by atoms with van der Waals surface area (Å²) in [6.45, 7) is 2.15. The van der Waals surface area contributed by atoms with Crippen molar-refractivity contribution in [3.05, 3.63) is 333 Å². The number of nitrogens with zero attached hydrogens (tertiary/aromatic N) is 3. The molecule has 0 N–H and O–H groups in total. The third-order valence-electron chi connectivity index (χ3n) is 19.3. The molecule has 14 aromatic rings. The van der Waals surface area contributed by atoms with E-state index in [9.17, 15) is 0 Å². The predicted octanol–water partition coefficient (Wildman–Crippen LogP) is 21.9. The Morgan fingerprint density at radius 1 is 0.348 bits per heavy atom. The molecule has 0 unspecified atom stereocenters. The molecule has 0 radical (unpaired) electrons. The zero-order valence-corrected chi connectivity index (χ0v) is 51.6. The van der Waals surface area contributed by atoms with Crippen LogP contribution in [0.4, 0.5) is 34.1 Å². The van der Waals surface area contributed by atoms with E-state index < -0.39 is 0 Å². The zero-order chi connectivity index (χ0) is 61.1. The van der Waals surface area contributed by atoms with Gasteiger partial charge in [0.2, 0.25) is 0 Å². The van der Waals surface area contributed by atoms with Gasteiger partial charge in [0.1, 0.15) is 0 Å². The van der Waals surface area contributed by atoms with E-state index in [1.165, 1.54) is 133 Å². The molecule has 0 amide bonds. The molecular weight excluding hydrogens is 1110 g/mol. The third-order valence-corrected chi connectivity index (χ3v) is 19.3. The maximum Gasteiger partial charge on any atom is 0.252 e. The average Bonchev–Trinajstić information content (AvgIpc) is 0.704. The number of para-hydroxylation sites is 2. The number of hydrogen-bond donors (Lipinski definition) is 0. The molecule has 13 aromatic carbocycles. The molecule has 0 saturated carbocycles. The molecular formula is C88H66BN3. The molecule has 0 fully saturated rings. The highest BCUT2D eigenvalue weighted by Crippen LogP contribution is 2.55. The molecule has 1 aromatic heterocycles. The maximum atomic E-state index is 2.74. The first-order valence-corrected chi connectivity index (χ1v) is 32.7. The van der Waals surface area contributed by atoms with Gasteiger partial charge in [-0.1, -0.05) is 268 Å². The fraction of sp³-hybridized carbons (Fsp3) is 0.0682. The van der Waals surface area contributed by atoms with E-state index >= 15 is 0 Å². The van der Waals surface area contributed by atoms with E-state index in [1.807, 2.05) is 0 Å². The van der Waals surface area contributed by atoms with Gasteiger partial charge in [-0.2, -0.15) is 0 Å². The van der Waals surface area contributed by atoms with Crippen molar-refractivity contribution in [3.63, 3.8) is 0 Å². The van der Waals surface area contributed by atoms with Gasteiger partial charge in [-0.15, -0.1) is 0 Å². The Morgan fingerprint density at radius 2 is 0.804 bits per heavy atom. The third kappa shape index (κ3) is 9.44. The standard InChI is InChI=1S/C88H66BN3/c1-2-3-29-60-52-84-86-85(53-60)92(88-76(66-40-21-9-22-41-66)56-70(63-34-15-6-16-35-63)57-77(88)67-42-23-10-24-43-67)83-59-71(90-80-46-27-25-44-72(80)73-45-26-28-47-81(73)90)49-50-78(83)89(86)79-58-68(61-30-11-4-12-31-61)48-51-82(79)91(84)87-74(64-36-17-7-18-37-64)54-69(62-32-13-5-14-33-62)55-75(87)65-38-19-8-20-39-65/h4-9,11-23,25-28,30-59H,2-3,10,24,29H2,1H3. The van der Waals surface area contributed by atoms with Crippen molar-refractivity contribution in [1.82, 2.24) is 4.57 Å². The highest BCUT2D eigenvalue weighted by Gasteiger charge is 2.46. The number of aryl methyl sites for hydroxylation is 1. The molecule has 0 bridgehead atoms. The topological polar surface area (TPSA) is 11.4 Å². The maximum absolute atomic E-state index is 2.74. The highest BCUT2D eigenvalue weighted by molar-refractivity contribution is 7.00. The van der Waals surface area contributed by atoms with Crippen molar-refractivity contribution in [2.24, 2.45) is 0 Å². The van der Waals surface area contributed by atoms with Crippen molar-refractivity contribution < 1.29 is 0 Å². The Balaban J connectivity index is 1.05. The first-order chi connectivity index (χ1) is 45.6. The van der Waals surface area contributed by atoms with E-state index in [2.05, 4.69) is 343 Å². The van der Waals surface area contributed by atoms with Gasteiger partial charge in [0.15, 0.2) is 0 Å². The largest absolute Gasteiger partial charge is 0.310 e. The van der Waals surface area contributed by atoms with E-state index in [-0.39, 0.29) is 6.71 Å². The molecule has 0 spiro atoms. The number of rotatable bonds is 13. The second kappa shape index (κ2) is 23.3. The lowest BCUT2D eigenvalue weighted by Crippen LogP contribution is -2.61. The summed E-state index contributed by atoms with van der Waals surface area (Å²) < 4.78 is 2.51. The Morgan fingerprint density at radius 3 is 1.30 bits per heavy atom. The molecule has 92 heavy (non-hydrogen) atoms. The van der Waals surface area contributed by atoms with Gasteiger partial charge < -0.3 is 14.4 Å². The van der Waals surface area contributed by atoms with Gasteiger partial charge in [-0.25, -0.2) is 0 Å². The van der Waals surface area contributed by atoms with Crippen LogP contribution in [0.5, 0.6) is 0 Å². The van der Waals surface area contributed by atoms with Crippen molar-refractivity contribution in [2.45, 2.75) is 39.0 Å². The summed E-state index contributed by atoms with van der Waals surface area (Å²) >= 11 is 0. The minimum Gasteiger partial charge on any atom is -0.310 e. The zero-order valence-electron chi connectivity index (χ0n) is 51.6. The molecule has 1 aliphatic carbocycles. The minimum atomic E-state index is -0.182. The van der Waals surface area contributed by atoms with Crippen molar-refractivity contribution in [1.29, 1.82) is 0 Å². The first kappa shape index (κ1) is 54.9. The molecule has 3 aliphatic rings. The van der Waals surface area contributed by atoms with E-state index in [0.717, 1.165) is 60.2 Å². The number of anilines is 6. The lowest BCUT2D eigenvalue weighted by Gasteiger charge is -2.46. The number of fused-ring (bicyclic) bond motifs is 7. The van der Waals surface area contributed by atoms with Crippen LogP contribution in [0.1, 0.15) is 43.7 Å². The van der Waals surface area contributed by atoms with E-state index in [1.54, 1.807) is 0 Å².